The summed E-state index contributed by atoms with van der Waals surface area (Å²) in [5.41, 5.74) is 1.10. The number of esters is 1. The minimum Gasteiger partial charge on any atom is -0.486 e. The average Bonchev–Trinajstić information content (AvgIpc) is 2.99. The Hall–Kier alpha value is -2.76. The summed E-state index contributed by atoms with van der Waals surface area (Å²) in [7, 11) is 1.25. The molecule has 1 aromatic carbocycles. The van der Waals surface area contributed by atoms with Gasteiger partial charge in [-0.25, -0.2) is 0 Å². The summed E-state index contributed by atoms with van der Waals surface area (Å²) in [5, 5.41) is 2.40. The molecule has 0 saturated heterocycles. The van der Waals surface area contributed by atoms with E-state index in [9.17, 15) is 9.59 Å². The Labute approximate surface area is 128 Å². The van der Waals surface area contributed by atoms with Crippen molar-refractivity contribution in [3.05, 3.63) is 53.5 Å². The molecule has 2 rings (SSSR count). The van der Waals surface area contributed by atoms with E-state index in [1.54, 1.807) is 6.07 Å². The van der Waals surface area contributed by atoms with Crippen molar-refractivity contribution in [3.63, 3.8) is 0 Å². The number of carbonyl (C=O) groups is 2. The van der Waals surface area contributed by atoms with Crippen LogP contribution in [0, 0.1) is 6.92 Å². The molecule has 0 bridgehead atoms. The molecule has 0 unspecified atom stereocenters. The number of aryl methyl sites for hydroxylation is 1. The Bertz CT molecular complexity index is 662. The number of hydrogen-bond acceptors (Lipinski definition) is 5. The summed E-state index contributed by atoms with van der Waals surface area (Å²) >= 11 is 0. The van der Waals surface area contributed by atoms with Gasteiger partial charge in [-0.1, -0.05) is 12.1 Å². The largest absolute Gasteiger partial charge is 0.486 e. The Kier molecular flexibility index (Phi) is 5.19. The molecule has 6 heteroatoms. The van der Waals surface area contributed by atoms with Crippen LogP contribution in [0.1, 0.15) is 21.9 Å². The molecule has 0 spiro atoms. The number of ether oxygens (including phenoxy) is 2. The minimum atomic E-state index is -0.525. The van der Waals surface area contributed by atoms with E-state index in [2.05, 4.69) is 10.1 Å². The SMILES string of the molecule is COC(=O)CNC(=O)c1ccc(COc2cccc(C)c2)o1. The maximum atomic E-state index is 11.7. The number of amides is 1. The van der Waals surface area contributed by atoms with Crippen molar-refractivity contribution in [2.75, 3.05) is 13.7 Å². The second-order valence-electron chi connectivity index (χ2n) is 4.63. The first-order valence-electron chi connectivity index (χ1n) is 6.71. The maximum Gasteiger partial charge on any atom is 0.325 e. The third-order valence-corrected chi connectivity index (χ3v) is 2.88. The molecule has 0 aliphatic heterocycles. The van der Waals surface area contributed by atoms with E-state index in [0.29, 0.717) is 5.76 Å². The summed E-state index contributed by atoms with van der Waals surface area (Å²) in [6.07, 6.45) is 0. The van der Waals surface area contributed by atoms with Crippen molar-refractivity contribution >= 4 is 11.9 Å². The fourth-order valence-corrected chi connectivity index (χ4v) is 1.75. The molecule has 0 radical (unpaired) electrons. The number of nitrogens with one attached hydrogen (secondary N) is 1. The third-order valence-electron chi connectivity index (χ3n) is 2.88. The Balaban J connectivity index is 1.88. The van der Waals surface area contributed by atoms with Gasteiger partial charge in [0.2, 0.25) is 0 Å². The zero-order valence-corrected chi connectivity index (χ0v) is 12.4. The molecule has 0 saturated carbocycles. The molecular formula is C16H17NO5. The second kappa shape index (κ2) is 7.31. The van der Waals surface area contributed by atoms with Gasteiger partial charge in [-0.15, -0.1) is 0 Å². The molecule has 1 heterocycles. The first-order chi connectivity index (χ1) is 10.6. The predicted molar refractivity (Wildman–Crippen MR) is 78.6 cm³/mol. The van der Waals surface area contributed by atoms with Crippen molar-refractivity contribution in [2.24, 2.45) is 0 Å². The van der Waals surface area contributed by atoms with Crippen molar-refractivity contribution in [2.45, 2.75) is 13.5 Å². The number of hydrogen-bond donors (Lipinski definition) is 1. The van der Waals surface area contributed by atoms with Gasteiger partial charge in [0.25, 0.3) is 5.91 Å². The molecule has 0 fully saturated rings. The zero-order chi connectivity index (χ0) is 15.9. The van der Waals surface area contributed by atoms with Crippen LogP contribution in [0.2, 0.25) is 0 Å². The van der Waals surface area contributed by atoms with Crippen LogP contribution in [0.5, 0.6) is 5.75 Å². The van der Waals surface area contributed by atoms with Crippen LogP contribution in [-0.4, -0.2) is 25.5 Å². The van der Waals surface area contributed by atoms with Gasteiger partial charge in [-0.05, 0) is 36.8 Å². The Morgan fingerprint density at radius 2 is 2.05 bits per heavy atom. The summed E-state index contributed by atoms with van der Waals surface area (Å²) in [4.78, 5) is 22.7. The average molecular weight is 303 g/mol. The van der Waals surface area contributed by atoms with Crippen molar-refractivity contribution in [1.29, 1.82) is 0 Å². The highest BCUT2D eigenvalue weighted by Gasteiger charge is 2.12. The number of methoxy groups -OCH3 is 1. The molecule has 0 atom stereocenters. The Morgan fingerprint density at radius 1 is 1.23 bits per heavy atom. The normalized spacial score (nSPS) is 10.1. The van der Waals surface area contributed by atoms with Crippen LogP contribution >= 0.6 is 0 Å². The quantitative estimate of drug-likeness (QED) is 0.827. The van der Waals surface area contributed by atoms with Crippen LogP contribution in [-0.2, 0) is 16.1 Å². The molecule has 1 N–H and O–H groups in total. The molecule has 1 amide bonds. The molecule has 0 aliphatic carbocycles. The smallest absolute Gasteiger partial charge is 0.325 e. The highest BCUT2D eigenvalue weighted by atomic mass is 16.5. The lowest BCUT2D eigenvalue weighted by Crippen LogP contribution is -2.29. The number of rotatable bonds is 6. The first-order valence-corrected chi connectivity index (χ1v) is 6.71. The van der Waals surface area contributed by atoms with E-state index < -0.39 is 11.9 Å². The molecule has 2 aromatic rings. The lowest BCUT2D eigenvalue weighted by Gasteiger charge is -2.05. The third kappa shape index (κ3) is 4.37. The molecule has 6 nitrogen and oxygen atoms in total. The molecular weight excluding hydrogens is 286 g/mol. The molecule has 116 valence electrons. The van der Waals surface area contributed by atoms with Crippen LogP contribution in [0.4, 0.5) is 0 Å². The van der Waals surface area contributed by atoms with Gasteiger partial charge in [0.05, 0.1) is 7.11 Å². The van der Waals surface area contributed by atoms with Crippen molar-refractivity contribution in [3.8, 4) is 5.75 Å². The summed E-state index contributed by atoms with van der Waals surface area (Å²) in [5.74, 6) is 0.361. The van der Waals surface area contributed by atoms with Gasteiger partial charge < -0.3 is 19.2 Å². The van der Waals surface area contributed by atoms with Crippen LogP contribution in [0.25, 0.3) is 0 Å². The maximum absolute atomic E-state index is 11.7. The van der Waals surface area contributed by atoms with E-state index in [-0.39, 0.29) is 18.9 Å². The van der Waals surface area contributed by atoms with Gasteiger partial charge in [-0.3, -0.25) is 9.59 Å². The lowest BCUT2D eigenvalue weighted by molar-refractivity contribution is -0.139. The Morgan fingerprint density at radius 3 is 2.77 bits per heavy atom. The molecule has 22 heavy (non-hydrogen) atoms. The van der Waals surface area contributed by atoms with Crippen LogP contribution < -0.4 is 10.1 Å². The number of furan rings is 1. The van der Waals surface area contributed by atoms with Gasteiger partial charge in [-0.2, -0.15) is 0 Å². The zero-order valence-electron chi connectivity index (χ0n) is 12.4. The monoisotopic (exact) mass is 303 g/mol. The van der Waals surface area contributed by atoms with Crippen molar-refractivity contribution < 1.29 is 23.5 Å². The fraction of sp³-hybridized carbons (Fsp3) is 0.250. The van der Waals surface area contributed by atoms with Gasteiger partial charge in [0.1, 0.15) is 24.7 Å². The van der Waals surface area contributed by atoms with Gasteiger partial charge in [0, 0.05) is 0 Å². The topological polar surface area (TPSA) is 77.8 Å². The summed E-state index contributed by atoms with van der Waals surface area (Å²) < 4.78 is 15.4. The summed E-state index contributed by atoms with van der Waals surface area (Å²) in [6, 6.07) is 10.8. The van der Waals surface area contributed by atoms with E-state index in [4.69, 9.17) is 9.15 Å². The lowest BCUT2D eigenvalue weighted by atomic mass is 10.2. The molecule has 0 aliphatic rings. The van der Waals surface area contributed by atoms with E-state index in [0.717, 1.165) is 11.3 Å². The standard InChI is InChI=1S/C16H17NO5/c1-11-4-3-5-12(8-11)21-10-13-6-7-14(22-13)16(19)17-9-15(18)20-2/h3-8H,9-10H2,1-2H3,(H,17,19). The highest BCUT2D eigenvalue weighted by molar-refractivity contribution is 5.93. The molecule has 1 aromatic heterocycles. The number of carbonyl (C=O) groups excluding carboxylic acids is 2. The summed E-state index contributed by atoms with van der Waals surface area (Å²) in [6.45, 7) is 1.99. The predicted octanol–water partition coefficient (Wildman–Crippen LogP) is 2.07. The van der Waals surface area contributed by atoms with Gasteiger partial charge >= 0.3 is 5.97 Å². The van der Waals surface area contributed by atoms with Crippen molar-refractivity contribution in [1.82, 2.24) is 5.32 Å². The second-order valence-corrected chi connectivity index (χ2v) is 4.63. The number of benzene rings is 1. The minimum absolute atomic E-state index is 0.117. The van der Waals surface area contributed by atoms with Gasteiger partial charge in [0.15, 0.2) is 5.76 Å². The van der Waals surface area contributed by atoms with E-state index in [1.807, 2.05) is 31.2 Å². The van der Waals surface area contributed by atoms with E-state index in [1.165, 1.54) is 13.2 Å². The first kappa shape index (κ1) is 15.6. The van der Waals surface area contributed by atoms with Crippen LogP contribution in [0.15, 0.2) is 40.8 Å². The van der Waals surface area contributed by atoms with Crippen LogP contribution in [0.3, 0.4) is 0 Å². The van der Waals surface area contributed by atoms with E-state index >= 15 is 0 Å². The highest BCUT2D eigenvalue weighted by Crippen LogP contribution is 2.15. The fourth-order valence-electron chi connectivity index (χ4n) is 1.75.